The lowest BCUT2D eigenvalue weighted by atomic mass is 10.1. The minimum atomic E-state index is -0.448. The van der Waals surface area contributed by atoms with Crippen molar-refractivity contribution < 1.29 is 13.9 Å². The molecule has 2 aromatic rings. The van der Waals surface area contributed by atoms with Crippen LogP contribution < -0.4 is 4.74 Å². The van der Waals surface area contributed by atoms with Crippen molar-refractivity contribution in [3.05, 3.63) is 62.3 Å². The normalized spacial score (nSPS) is 10.4. The number of halogens is 4. The number of carbonyl (C=O) groups excluding carboxylic acids is 1. The molecule has 0 unspecified atom stereocenters. The van der Waals surface area contributed by atoms with E-state index in [0.29, 0.717) is 14.5 Å². The fourth-order valence-electron chi connectivity index (χ4n) is 1.52. The first kappa shape index (κ1) is 15.3. The quantitative estimate of drug-likeness (QED) is 0.688. The highest BCUT2D eigenvalue weighted by Crippen LogP contribution is 2.26. The molecule has 104 valence electrons. The third-order valence-electron chi connectivity index (χ3n) is 2.48. The summed E-state index contributed by atoms with van der Waals surface area (Å²) < 4.78 is 18.9. The molecule has 0 aliphatic carbocycles. The number of hydrogen-bond acceptors (Lipinski definition) is 2. The van der Waals surface area contributed by atoms with Gasteiger partial charge in [-0.3, -0.25) is 4.79 Å². The summed E-state index contributed by atoms with van der Waals surface area (Å²) in [7, 11) is 0. The van der Waals surface area contributed by atoms with Gasteiger partial charge in [-0.05, 0) is 46.3 Å². The molecule has 0 aliphatic rings. The lowest BCUT2D eigenvalue weighted by Gasteiger charge is -2.08. The lowest BCUT2D eigenvalue weighted by Crippen LogP contribution is -2.12. The molecule has 6 heteroatoms. The minimum Gasteiger partial charge on any atom is -0.484 e. The van der Waals surface area contributed by atoms with Crippen LogP contribution in [0.1, 0.15) is 10.4 Å². The van der Waals surface area contributed by atoms with Gasteiger partial charge in [-0.15, -0.1) is 0 Å². The molecule has 0 heterocycles. The van der Waals surface area contributed by atoms with E-state index in [-0.39, 0.29) is 23.7 Å². The first-order valence-electron chi connectivity index (χ1n) is 5.53. The zero-order valence-electron chi connectivity index (χ0n) is 10.00. The van der Waals surface area contributed by atoms with E-state index in [9.17, 15) is 9.18 Å². The van der Waals surface area contributed by atoms with Gasteiger partial charge in [0.1, 0.15) is 11.6 Å². The Hall–Kier alpha value is -1.10. The van der Waals surface area contributed by atoms with Gasteiger partial charge in [0.15, 0.2) is 6.61 Å². The maximum Gasteiger partial charge on any atom is 0.201 e. The van der Waals surface area contributed by atoms with Crippen LogP contribution in [0.2, 0.25) is 10.0 Å². The van der Waals surface area contributed by atoms with E-state index >= 15 is 0 Å². The number of ketones is 1. The molecule has 0 fully saturated rings. The molecule has 2 rings (SSSR count). The van der Waals surface area contributed by atoms with Crippen molar-refractivity contribution in [3.63, 3.8) is 0 Å². The Labute approximate surface area is 133 Å². The molecular weight excluding hydrogens is 370 g/mol. The second kappa shape index (κ2) is 6.57. The van der Waals surface area contributed by atoms with Crippen molar-refractivity contribution in [1.29, 1.82) is 0 Å². The van der Waals surface area contributed by atoms with Crippen molar-refractivity contribution in [2.24, 2.45) is 0 Å². The van der Waals surface area contributed by atoms with Gasteiger partial charge < -0.3 is 4.74 Å². The predicted molar refractivity (Wildman–Crippen MR) is 80.4 cm³/mol. The molecule has 0 atom stereocenters. The van der Waals surface area contributed by atoms with Crippen LogP contribution in [0.3, 0.4) is 0 Å². The number of carbonyl (C=O) groups is 1. The topological polar surface area (TPSA) is 26.3 Å². The molecule has 0 radical (unpaired) electrons. The number of Topliss-reactive ketones (excluding diaryl/α,β-unsaturated/α-hetero) is 1. The first-order chi connectivity index (χ1) is 9.47. The molecule has 0 amide bonds. The molecular formula is C14H8BrCl2FO2. The van der Waals surface area contributed by atoms with Gasteiger partial charge in [0.25, 0.3) is 0 Å². The van der Waals surface area contributed by atoms with Crippen LogP contribution in [-0.4, -0.2) is 12.4 Å². The van der Waals surface area contributed by atoms with E-state index in [4.69, 9.17) is 27.9 Å². The molecule has 0 bridgehead atoms. The van der Waals surface area contributed by atoms with E-state index in [1.807, 2.05) is 0 Å². The van der Waals surface area contributed by atoms with Crippen LogP contribution in [-0.2, 0) is 0 Å². The molecule has 0 aromatic heterocycles. The highest BCUT2D eigenvalue weighted by molar-refractivity contribution is 9.10. The van der Waals surface area contributed by atoms with Gasteiger partial charge in [-0.2, -0.15) is 0 Å². The van der Waals surface area contributed by atoms with E-state index in [1.54, 1.807) is 6.07 Å². The highest BCUT2D eigenvalue weighted by Gasteiger charge is 2.13. The van der Waals surface area contributed by atoms with E-state index in [0.717, 1.165) is 0 Å². The van der Waals surface area contributed by atoms with E-state index in [2.05, 4.69) is 15.9 Å². The number of ether oxygens (including phenoxy) is 1. The molecule has 20 heavy (non-hydrogen) atoms. The van der Waals surface area contributed by atoms with Crippen molar-refractivity contribution in [2.45, 2.75) is 0 Å². The molecule has 2 nitrogen and oxygen atoms in total. The zero-order valence-corrected chi connectivity index (χ0v) is 13.1. The molecule has 0 N–H and O–H groups in total. The second-order valence-electron chi connectivity index (χ2n) is 3.91. The average Bonchev–Trinajstić information content (AvgIpc) is 2.42. The summed E-state index contributed by atoms with van der Waals surface area (Å²) in [6.45, 7) is -0.262. The summed E-state index contributed by atoms with van der Waals surface area (Å²) in [5, 5.41) is 0.700. The second-order valence-corrected chi connectivity index (χ2v) is 5.61. The average molecular weight is 378 g/mol. The van der Waals surface area contributed by atoms with Crippen molar-refractivity contribution in [1.82, 2.24) is 0 Å². The summed E-state index contributed by atoms with van der Waals surface area (Å²) in [5.41, 5.74) is 0.270. The molecule has 0 aliphatic heterocycles. The number of rotatable bonds is 4. The molecule has 0 saturated carbocycles. The van der Waals surface area contributed by atoms with Crippen LogP contribution in [0, 0.1) is 5.82 Å². The smallest absolute Gasteiger partial charge is 0.201 e. The Morgan fingerprint density at radius 2 is 1.95 bits per heavy atom. The Bertz CT molecular complexity index is 662. The van der Waals surface area contributed by atoms with Crippen LogP contribution in [0.15, 0.2) is 40.9 Å². The summed E-state index contributed by atoms with van der Waals surface area (Å²) in [5.74, 6) is -0.540. The SMILES string of the molecule is O=C(COc1cc(F)ccc1Br)c1cc(Cl)ccc1Cl. The molecule has 2 aromatic carbocycles. The van der Waals surface area contributed by atoms with E-state index < -0.39 is 5.82 Å². The minimum absolute atomic E-state index is 0.247. The molecule has 0 spiro atoms. The third kappa shape index (κ3) is 3.72. The van der Waals surface area contributed by atoms with Gasteiger partial charge in [-0.25, -0.2) is 4.39 Å². The fourth-order valence-corrected chi connectivity index (χ4v) is 2.28. The van der Waals surface area contributed by atoms with Crippen LogP contribution in [0.5, 0.6) is 5.75 Å². The van der Waals surface area contributed by atoms with Crippen molar-refractivity contribution in [2.75, 3.05) is 6.61 Å². The maximum absolute atomic E-state index is 13.1. The van der Waals surface area contributed by atoms with Gasteiger partial charge in [0, 0.05) is 16.7 Å². The lowest BCUT2D eigenvalue weighted by molar-refractivity contribution is 0.0921. The third-order valence-corrected chi connectivity index (χ3v) is 3.70. The number of benzene rings is 2. The maximum atomic E-state index is 13.1. The van der Waals surface area contributed by atoms with Crippen molar-refractivity contribution in [3.8, 4) is 5.75 Å². The monoisotopic (exact) mass is 376 g/mol. The number of hydrogen-bond donors (Lipinski definition) is 0. The molecule has 0 saturated heterocycles. The van der Waals surface area contributed by atoms with Crippen LogP contribution >= 0.6 is 39.1 Å². The summed E-state index contributed by atoms with van der Waals surface area (Å²) >= 11 is 15.0. The zero-order chi connectivity index (χ0) is 14.7. The highest BCUT2D eigenvalue weighted by atomic mass is 79.9. The Morgan fingerprint density at radius 1 is 1.20 bits per heavy atom. The van der Waals surface area contributed by atoms with Gasteiger partial charge in [-0.1, -0.05) is 23.2 Å². The largest absolute Gasteiger partial charge is 0.484 e. The standard InChI is InChI=1S/C14H8BrCl2FO2/c15-11-3-2-9(18)6-14(11)20-7-13(19)10-5-8(16)1-4-12(10)17/h1-6H,7H2. The fraction of sp³-hybridized carbons (Fsp3) is 0.0714. The Balaban J connectivity index is 2.12. The van der Waals surface area contributed by atoms with Gasteiger partial charge >= 0.3 is 0 Å². The van der Waals surface area contributed by atoms with Crippen LogP contribution in [0.4, 0.5) is 4.39 Å². The predicted octanol–water partition coefficient (Wildman–Crippen LogP) is 5.16. The van der Waals surface area contributed by atoms with E-state index in [1.165, 1.54) is 30.3 Å². The summed E-state index contributed by atoms with van der Waals surface area (Å²) in [6, 6.07) is 8.57. The van der Waals surface area contributed by atoms with Gasteiger partial charge in [0.05, 0.1) is 9.50 Å². The Kier molecular flexibility index (Phi) is 5.02. The van der Waals surface area contributed by atoms with Gasteiger partial charge in [0.2, 0.25) is 5.78 Å². The first-order valence-corrected chi connectivity index (χ1v) is 7.08. The van der Waals surface area contributed by atoms with Crippen LogP contribution in [0.25, 0.3) is 0 Å². The Morgan fingerprint density at radius 3 is 2.70 bits per heavy atom. The summed E-state index contributed by atoms with van der Waals surface area (Å²) in [4.78, 5) is 12.0. The van der Waals surface area contributed by atoms with Crippen molar-refractivity contribution >= 4 is 44.9 Å². The summed E-state index contributed by atoms with van der Waals surface area (Å²) in [6.07, 6.45) is 0.